The Balaban J connectivity index is 1.45. The van der Waals surface area contributed by atoms with Crippen LogP contribution in [0.3, 0.4) is 0 Å². The van der Waals surface area contributed by atoms with Crippen LogP contribution in [0.25, 0.3) is 6.08 Å². The van der Waals surface area contributed by atoms with Crippen LogP contribution in [0.5, 0.6) is 11.8 Å². The lowest BCUT2D eigenvalue weighted by Gasteiger charge is -2.28. The summed E-state index contributed by atoms with van der Waals surface area (Å²) in [4.78, 5) is 15.7. The van der Waals surface area contributed by atoms with Gasteiger partial charge in [0.25, 0.3) is 0 Å². The van der Waals surface area contributed by atoms with Crippen molar-refractivity contribution >= 4 is 23.5 Å². The molecule has 0 radical (unpaired) electrons. The molecule has 1 N–H and O–H groups in total. The number of halogens is 1. The van der Waals surface area contributed by atoms with E-state index in [9.17, 15) is 0 Å². The van der Waals surface area contributed by atoms with E-state index in [2.05, 4.69) is 25.2 Å². The second-order valence-electron chi connectivity index (χ2n) is 8.26. The largest absolute Gasteiger partial charge is 0.421 e. The summed E-state index contributed by atoms with van der Waals surface area (Å²) in [6, 6.07) is 5.47. The zero-order valence-electron chi connectivity index (χ0n) is 18.8. The highest BCUT2D eigenvalue weighted by Crippen LogP contribution is 2.34. The number of nitrogens with one attached hydrogen (secondary N) is 1. The van der Waals surface area contributed by atoms with Crippen LogP contribution in [0, 0.1) is 5.82 Å². The van der Waals surface area contributed by atoms with Gasteiger partial charge in [-0.2, -0.15) is 9.97 Å². The highest BCUT2D eigenvalue weighted by Gasteiger charge is 2.21. The van der Waals surface area contributed by atoms with Crippen LogP contribution >= 0.6 is 0 Å². The predicted molar refractivity (Wildman–Crippen MR) is 128 cm³/mol. The van der Waals surface area contributed by atoms with Crippen molar-refractivity contribution in [2.24, 2.45) is 4.99 Å². The maximum atomic E-state index is 15.1. The van der Waals surface area contributed by atoms with Crippen LogP contribution in [-0.4, -0.2) is 48.7 Å². The summed E-state index contributed by atoms with van der Waals surface area (Å²) in [5, 5.41) is 3.24. The van der Waals surface area contributed by atoms with Gasteiger partial charge >= 0.3 is 6.01 Å². The van der Waals surface area contributed by atoms with Gasteiger partial charge in [-0.15, -0.1) is 0 Å². The van der Waals surface area contributed by atoms with E-state index in [1.165, 1.54) is 0 Å². The maximum Gasteiger partial charge on any atom is 0.326 e. The fraction of sp³-hybridized carbons (Fsp3) is 0.320. The number of aliphatic imine (C=N–C) groups is 1. The van der Waals surface area contributed by atoms with Gasteiger partial charge < -0.3 is 19.7 Å². The third kappa shape index (κ3) is 4.66. The number of rotatable bonds is 5. The molecular weight excluding hydrogens is 421 g/mol. The van der Waals surface area contributed by atoms with E-state index in [0.29, 0.717) is 55.9 Å². The SMILES string of the molecule is C/C=C/C1=CC(Nc2cc(N3CCOCC3)nc(Oc3ccc4c(c3F)C=C(C)C4)n2)=NC1. The lowest BCUT2D eigenvalue weighted by molar-refractivity contribution is 0.122. The first-order chi connectivity index (χ1) is 16.1. The first kappa shape index (κ1) is 21.3. The van der Waals surface area contributed by atoms with Gasteiger partial charge in [-0.05, 0) is 43.5 Å². The predicted octanol–water partition coefficient (Wildman–Crippen LogP) is 4.53. The lowest BCUT2D eigenvalue weighted by atomic mass is 10.1. The number of aromatic nitrogens is 2. The van der Waals surface area contributed by atoms with Crippen molar-refractivity contribution in [3.8, 4) is 11.8 Å². The lowest BCUT2D eigenvalue weighted by Crippen LogP contribution is -2.36. The summed E-state index contributed by atoms with van der Waals surface area (Å²) >= 11 is 0. The van der Waals surface area contributed by atoms with E-state index < -0.39 is 5.82 Å². The molecule has 1 aliphatic carbocycles. The van der Waals surface area contributed by atoms with E-state index in [1.54, 1.807) is 6.07 Å². The van der Waals surface area contributed by atoms with E-state index in [4.69, 9.17) is 9.47 Å². The smallest absolute Gasteiger partial charge is 0.326 e. The number of fused-ring (bicyclic) bond motifs is 1. The minimum atomic E-state index is -0.390. The number of hydrogen-bond acceptors (Lipinski definition) is 7. The zero-order valence-corrected chi connectivity index (χ0v) is 18.8. The molecule has 5 rings (SSSR count). The van der Waals surface area contributed by atoms with Gasteiger partial charge in [-0.3, -0.25) is 4.99 Å². The van der Waals surface area contributed by atoms with Crippen LogP contribution in [0.1, 0.15) is 25.0 Å². The van der Waals surface area contributed by atoms with Crippen molar-refractivity contribution in [2.45, 2.75) is 20.3 Å². The molecule has 0 amide bonds. The third-order valence-electron chi connectivity index (χ3n) is 5.71. The Bertz CT molecular complexity index is 1200. The van der Waals surface area contributed by atoms with Gasteiger partial charge in [0.05, 0.1) is 19.8 Å². The average Bonchev–Trinajstić information content (AvgIpc) is 3.42. The minimum absolute atomic E-state index is 0.0790. The number of amidine groups is 1. The van der Waals surface area contributed by atoms with Gasteiger partial charge in [-0.25, -0.2) is 4.39 Å². The maximum absolute atomic E-state index is 15.1. The van der Waals surface area contributed by atoms with Crippen molar-refractivity contribution < 1.29 is 13.9 Å². The summed E-state index contributed by atoms with van der Waals surface area (Å²) in [7, 11) is 0. The van der Waals surface area contributed by atoms with Crippen molar-refractivity contribution in [1.82, 2.24) is 9.97 Å². The molecule has 0 bridgehead atoms. The second-order valence-corrected chi connectivity index (χ2v) is 8.26. The number of morpholine rings is 1. The molecule has 2 aromatic rings. The van der Waals surface area contributed by atoms with E-state index in [1.807, 2.05) is 50.3 Å². The Morgan fingerprint density at radius 2 is 2.03 bits per heavy atom. The van der Waals surface area contributed by atoms with Gasteiger partial charge in [0.1, 0.15) is 17.5 Å². The van der Waals surface area contributed by atoms with Gasteiger partial charge in [0.2, 0.25) is 0 Å². The standard InChI is InChI=1S/C25H26FN5O2/c1-3-4-17-13-21(27-15-17)28-22-14-23(31-7-9-32-10-8-31)30-25(29-22)33-20-6-5-18-11-16(2)12-19(18)24(20)26/h3-6,12-14H,7-11,15H2,1-2H3,(H,27,28,29,30)/b4-3+. The Kier molecular flexibility index (Phi) is 5.92. The monoisotopic (exact) mass is 447 g/mol. The van der Waals surface area contributed by atoms with Gasteiger partial charge in [-0.1, -0.05) is 29.9 Å². The van der Waals surface area contributed by atoms with E-state index in [0.717, 1.165) is 23.1 Å². The molecule has 33 heavy (non-hydrogen) atoms. The molecule has 1 aromatic heterocycles. The minimum Gasteiger partial charge on any atom is -0.421 e. The summed E-state index contributed by atoms with van der Waals surface area (Å²) in [6.07, 6.45) is 8.61. The first-order valence-electron chi connectivity index (χ1n) is 11.1. The molecule has 1 aromatic carbocycles. The highest BCUT2D eigenvalue weighted by molar-refractivity contribution is 6.05. The highest BCUT2D eigenvalue weighted by atomic mass is 19.1. The molecule has 0 spiro atoms. The summed E-state index contributed by atoms with van der Waals surface area (Å²) < 4.78 is 26.5. The van der Waals surface area contributed by atoms with Crippen LogP contribution in [0.15, 0.2) is 52.6 Å². The fourth-order valence-electron chi connectivity index (χ4n) is 4.14. The number of ether oxygens (including phenoxy) is 2. The van der Waals surface area contributed by atoms with E-state index in [-0.39, 0.29) is 11.8 Å². The normalized spacial score (nSPS) is 17.7. The number of anilines is 2. The number of hydrogen-bond donors (Lipinski definition) is 1. The molecular formula is C25H26FN5O2. The van der Waals surface area contributed by atoms with Crippen LogP contribution in [0.4, 0.5) is 16.0 Å². The molecule has 170 valence electrons. The van der Waals surface area contributed by atoms with Gasteiger partial charge in [0.15, 0.2) is 11.6 Å². The van der Waals surface area contributed by atoms with Crippen LogP contribution in [0.2, 0.25) is 0 Å². The molecule has 8 heteroatoms. The number of allylic oxidation sites excluding steroid dienone is 2. The Morgan fingerprint density at radius 1 is 1.18 bits per heavy atom. The second kappa shape index (κ2) is 9.15. The van der Waals surface area contributed by atoms with Crippen molar-refractivity contribution in [2.75, 3.05) is 43.1 Å². The summed E-state index contributed by atoms with van der Waals surface area (Å²) in [5.41, 5.74) is 3.78. The quantitative estimate of drug-likeness (QED) is 0.726. The van der Waals surface area contributed by atoms with E-state index >= 15 is 4.39 Å². The zero-order chi connectivity index (χ0) is 22.8. The Labute approximate surface area is 192 Å². The molecule has 0 saturated carbocycles. The molecule has 1 saturated heterocycles. The number of nitrogens with zero attached hydrogens (tertiary/aromatic N) is 4. The molecule has 7 nitrogen and oxygen atoms in total. The average molecular weight is 448 g/mol. The van der Waals surface area contributed by atoms with Crippen molar-refractivity contribution in [1.29, 1.82) is 0 Å². The number of benzene rings is 1. The molecule has 0 unspecified atom stereocenters. The fourth-order valence-corrected chi connectivity index (χ4v) is 4.14. The topological polar surface area (TPSA) is 71.9 Å². The molecule has 1 fully saturated rings. The Morgan fingerprint density at radius 3 is 2.85 bits per heavy atom. The molecule has 3 heterocycles. The van der Waals surface area contributed by atoms with Crippen LogP contribution < -0.4 is 15.0 Å². The Hall–Kier alpha value is -3.52. The summed E-state index contributed by atoms with van der Waals surface area (Å²) in [5.74, 6) is 1.66. The third-order valence-corrected chi connectivity index (χ3v) is 5.71. The molecule has 2 aliphatic heterocycles. The van der Waals surface area contributed by atoms with Crippen molar-refractivity contribution in [3.63, 3.8) is 0 Å². The van der Waals surface area contributed by atoms with Crippen LogP contribution in [-0.2, 0) is 11.2 Å². The molecule has 3 aliphatic rings. The van der Waals surface area contributed by atoms with Crippen molar-refractivity contribution in [3.05, 3.63) is 64.5 Å². The first-order valence-corrected chi connectivity index (χ1v) is 11.1. The molecule has 0 atom stereocenters. The van der Waals surface area contributed by atoms with Gasteiger partial charge in [0, 0.05) is 24.7 Å². The summed E-state index contributed by atoms with van der Waals surface area (Å²) in [6.45, 7) is 7.25.